The van der Waals surface area contributed by atoms with Crippen LogP contribution in [0.5, 0.6) is 0 Å². The van der Waals surface area contributed by atoms with Gasteiger partial charge in [-0.3, -0.25) is 4.79 Å². The number of nitrogens with one attached hydrogen (secondary N) is 1. The zero-order valence-corrected chi connectivity index (χ0v) is 11.4. The van der Waals surface area contributed by atoms with Crippen LogP contribution in [0.15, 0.2) is 59.8 Å². The summed E-state index contributed by atoms with van der Waals surface area (Å²) in [5.41, 5.74) is 1.53. The average molecular weight is 289 g/mol. The molecule has 0 unspecified atom stereocenters. The fourth-order valence-corrected chi connectivity index (χ4v) is 1.69. The molecule has 0 aliphatic carbocycles. The van der Waals surface area contributed by atoms with E-state index in [0.717, 1.165) is 5.56 Å². The molecule has 2 aromatic rings. The molecular weight excluding hydrogens is 276 g/mol. The molecule has 20 heavy (non-hydrogen) atoms. The van der Waals surface area contributed by atoms with Crippen LogP contribution in [0.3, 0.4) is 0 Å². The number of rotatable bonds is 5. The first kappa shape index (κ1) is 14.1. The van der Waals surface area contributed by atoms with Gasteiger partial charge in [0.15, 0.2) is 6.61 Å². The number of halogens is 1. The van der Waals surface area contributed by atoms with Gasteiger partial charge in [-0.1, -0.05) is 53.2 Å². The standard InChI is InChI=1S/C15H13ClN2O2/c16-13-7-4-8-14(9-13)18-15(19)11-20-17-10-12-5-2-1-3-6-12/h1-10H,11H2,(H,18,19)/b17-10-. The van der Waals surface area contributed by atoms with Gasteiger partial charge in [0.25, 0.3) is 5.91 Å². The number of carbonyl (C=O) groups excluding carboxylic acids is 1. The average Bonchev–Trinajstić information content (AvgIpc) is 2.45. The van der Waals surface area contributed by atoms with Gasteiger partial charge in [-0.05, 0) is 23.8 Å². The highest BCUT2D eigenvalue weighted by molar-refractivity contribution is 6.30. The lowest BCUT2D eigenvalue weighted by atomic mass is 10.2. The van der Waals surface area contributed by atoms with Crippen LogP contribution in [0.4, 0.5) is 5.69 Å². The van der Waals surface area contributed by atoms with Crippen molar-refractivity contribution in [3.8, 4) is 0 Å². The smallest absolute Gasteiger partial charge is 0.265 e. The molecule has 2 aromatic carbocycles. The first-order chi connectivity index (χ1) is 9.74. The number of anilines is 1. The predicted octanol–water partition coefficient (Wildman–Crippen LogP) is 3.33. The van der Waals surface area contributed by atoms with E-state index in [1.165, 1.54) is 0 Å². The number of amides is 1. The lowest BCUT2D eigenvalue weighted by Crippen LogP contribution is -2.16. The third kappa shape index (κ3) is 4.74. The summed E-state index contributed by atoms with van der Waals surface area (Å²) in [4.78, 5) is 16.5. The topological polar surface area (TPSA) is 50.7 Å². The normalized spacial score (nSPS) is 10.4. The van der Waals surface area contributed by atoms with Crippen molar-refractivity contribution in [3.63, 3.8) is 0 Å². The Labute approximate surface area is 122 Å². The van der Waals surface area contributed by atoms with Crippen molar-refractivity contribution >= 4 is 29.4 Å². The van der Waals surface area contributed by atoms with E-state index in [1.54, 1.807) is 30.5 Å². The number of carbonyl (C=O) groups is 1. The molecule has 0 aromatic heterocycles. The van der Waals surface area contributed by atoms with Crippen molar-refractivity contribution in [2.24, 2.45) is 5.16 Å². The van der Waals surface area contributed by atoms with Crippen LogP contribution in [0, 0.1) is 0 Å². The van der Waals surface area contributed by atoms with Gasteiger partial charge < -0.3 is 10.2 Å². The highest BCUT2D eigenvalue weighted by Gasteiger charge is 2.02. The van der Waals surface area contributed by atoms with Crippen molar-refractivity contribution < 1.29 is 9.63 Å². The molecule has 5 heteroatoms. The van der Waals surface area contributed by atoms with Gasteiger partial charge in [0.2, 0.25) is 0 Å². The Balaban J connectivity index is 1.77. The molecule has 0 aliphatic rings. The number of benzene rings is 2. The largest absolute Gasteiger partial charge is 0.386 e. The lowest BCUT2D eigenvalue weighted by Gasteiger charge is -2.04. The molecule has 102 valence electrons. The van der Waals surface area contributed by atoms with Gasteiger partial charge in [0.05, 0.1) is 6.21 Å². The summed E-state index contributed by atoms with van der Waals surface area (Å²) < 4.78 is 0. The Kier molecular flexibility index (Phi) is 5.15. The third-order valence-corrected chi connectivity index (χ3v) is 2.61. The van der Waals surface area contributed by atoms with Crippen molar-refractivity contribution in [2.45, 2.75) is 0 Å². The zero-order chi connectivity index (χ0) is 14.2. The molecule has 0 saturated carbocycles. The van der Waals surface area contributed by atoms with Crippen LogP contribution in [-0.4, -0.2) is 18.7 Å². The van der Waals surface area contributed by atoms with Gasteiger partial charge in [-0.15, -0.1) is 0 Å². The Bertz CT molecular complexity index is 600. The lowest BCUT2D eigenvalue weighted by molar-refractivity contribution is -0.120. The minimum Gasteiger partial charge on any atom is -0.386 e. The molecule has 4 nitrogen and oxygen atoms in total. The zero-order valence-electron chi connectivity index (χ0n) is 10.6. The second-order valence-electron chi connectivity index (χ2n) is 3.98. The fourth-order valence-electron chi connectivity index (χ4n) is 1.50. The molecule has 0 spiro atoms. The van der Waals surface area contributed by atoms with E-state index in [4.69, 9.17) is 16.4 Å². The van der Waals surface area contributed by atoms with Gasteiger partial charge in [0.1, 0.15) is 0 Å². The van der Waals surface area contributed by atoms with Crippen LogP contribution >= 0.6 is 11.6 Å². The minimum atomic E-state index is -0.294. The van der Waals surface area contributed by atoms with Crippen molar-refractivity contribution in [1.82, 2.24) is 0 Å². The van der Waals surface area contributed by atoms with Crippen LogP contribution in [0.2, 0.25) is 5.02 Å². The van der Waals surface area contributed by atoms with E-state index in [-0.39, 0.29) is 12.5 Å². The maximum Gasteiger partial charge on any atom is 0.265 e. The van der Waals surface area contributed by atoms with Gasteiger partial charge in [-0.25, -0.2) is 0 Å². The predicted molar refractivity (Wildman–Crippen MR) is 80.1 cm³/mol. The Morgan fingerprint density at radius 2 is 2.00 bits per heavy atom. The number of hydrogen-bond donors (Lipinski definition) is 1. The molecule has 0 aliphatic heterocycles. The van der Waals surface area contributed by atoms with E-state index in [2.05, 4.69) is 10.5 Å². The summed E-state index contributed by atoms with van der Waals surface area (Å²) in [6.07, 6.45) is 1.55. The number of nitrogens with zero attached hydrogens (tertiary/aromatic N) is 1. The first-order valence-corrected chi connectivity index (χ1v) is 6.37. The Hall–Kier alpha value is -2.33. The second-order valence-corrected chi connectivity index (χ2v) is 4.41. The molecule has 0 radical (unpaired) electrons. The van der Waals surface area contributed by atoms with Crippen molar-refractivity contribution in [1.29, 1.82) is 0 Å². The monoisotopic (exact) mass is 288 g/mol. The van der Waals surface area contributed by atoms with Crippen LogP contribution in [-0.2, 0) is 9.63 Å². The SMILES string of the molecule is O=C(CO/N=C\c1ccccc1)Nc1cccc(Cl)c1. The van der Waals surface area contributed by atoms with Gasteiger partial charge in [-0.2, -0.15) is 0 Å². The van der Waals surface area contributed by atoms with Gasteiger partial charge in [0, 0.05) is 10.7 Å². The van der Waals surface area contributed by atoms with Crippen molar-refractivity contribution in [3.05, 3.63) is 65.2 Å². The highest BCUT2D eigenvalue weighted by Crippen LogP contribution is 2.14. The molecule has 0 fully saturated rings. The van der Waals surface area contributed by atoms with E-state index < -0.39 is 0 Å². The van der Waals surface area contributed by atoms with Crippen molar-refractivity contribution in [2.75, 3.05) is 11.9 Å². The van der Waals surface area contributed by atoms with Gasteiger partial charge >= 0.3 is 0 Å². The molecule has 0 atom stereocenters. The summed E-state index contributed by atoms with van der Waals surface area (Å²) in [6, 6.07) is 16.4. The summed E-state index contributed by atoms with van der Waals surface area (Å²) in [5.74, 6) is -0.294. The molecule has 1 amide bonds. The Morgan fingerprint density at radius 1 is 1.20 bits per heavy atom. The summed E-state index contributed by atoms with van der Waals surface area (Å²) in [6.45, 7) is -0.157. The second kappa shape index (κ2) is 7.31. The molecule has 0 saturated heterocycles. The van der Waals surface area contributed by atoms with E-state index in [0.29, 0.717) is 10.7 Å². The Morgan fingerprint density at radius 3 is 2.75 bits per heavy atom. The molecule has 0 heterocycles. The summed E-state index contributed by atoms with van der Waals surface area (Å²) in [5, 5.41) is 6.95. The number of oxime groups is 1. The third-order valence-electron chi connectivity index (χ3n) is 2.38. The van der Waals surface area contributed by atoms with E-state index >= 15 is 0 Å². The number of hydrogen-bond acceptors (Lipinski definition) is 3. The maximum absolute atomic E-state index is 11.6. The molecule has 1 N–H and O–H groups in total. The molecule has 0 bridgehead atoms. The van der Waals surface area contributed by atoms with E-state index in [9.17, 15) is 4.79 Å². The maximum atomic E-state index is 11.6. The first-order valence-electron chi connectivity index (χ1n) is 6.00. The van der Waals surface area contributed by atoms with Crippen LogP contribution in [0.25, 0.3) is 0 Å². The summed E-state index contributed by atoms with van der Waals surface area (Å²) >= 11 is 5.82. The van der Waals surface area contributed by atoms with E-state index in [1.807, 2.05) is 30.3 Å². The van der Waals surface area contributed by atoms with Crippen LogP contribution < -0.4 is 5.32 Å². The summed E-state index contributed by atoms with van der Waals surface area (Å²) in [7, 11) is 0. The van der Waals surface area contributed by atoms with Crippen LogP contribution in [0.1, 0.15) is 5.56 Å². The molecule has 2 rings (SSSR count). The fraction of sp³-hybridized carbons (Fsp3) is 0.0667. The molecular formula is C15H13ClN2O2. The minimum absolute atomic E-state index is 0.157. The highest BCUT2D eigenvalue weighted by atomic mass is 35.5. The quantitative estimate of drug-likeness (QED) is 0.678.